The van der Waals surface area contributed by atoms with E-state index in [2.05, 4.69) is 4.98 Å². The molecule has 1 heterocycles. The minimum Gasteiger partial charge on any atom is -0.392 e. The molecular weight excluding hydrogens is 180 g/mol. The van der Waals surface area contributed by atoms with Gasteiger partial charge in [-0.1, -0.05) is 0 Å². The van der Waals surface area contributed by atoms with Crippen molar-refractivity contribution in [3.63, 3.8) is 0 Å². The molecule has 8 nitrogen and oxygen atoms in total. The molecule has 0 amide bonds. The predicted molar refractivity (Wildman–Crippen MR) is 42.0 cm³/mol. The van der Waals surface area contributed by atoms with E-state index in [1.165, 1.54) is 0 Å². The van der Waals surface area contributed by atoms with Gasteiger partial charge in [0.25, 0.3) is 0 Å². The third-order valence-electron chi connectivity index (χ3n) is 1.25. The van der Waals surface area contributed by atoms with Gasteiger partial charge in [-0.05, 0) is 15.9 Å². The second-order valence-corrected chi connectivity index (χ2v) is 2.10. The Morgan fingerprint density at radius 2 is 1.85 bits per heavy atom. The molecule has 0 saturated heterocycles. The van der Waals surface area contributed by atoms with Crippen LogP contribution in [0.15, 0.2) is 12.1 Å². The van der Waals surface area contributed by atoms with Crippen molar-refractivity contribution in [1.82, 2.24) is 4.98 Å². The minimum absolute atomic E-state index is 0.199. The monoisotopic (exact) mass is 184 g/mol. The maximum absolute atomic E-state index is 10.2. The van der Waals surface area contributed by atoms with Gasteiger partial charge in [0.05, 0.1) is 0 Å². The van der Waals surface area contributed by atoms with Gasteiger partial charge >= 0.3 is 11.6 Å². The molecule has 0 radical (unpaired) electrons. The van der Waals surface area contributed by atoms with E-state index in [0.29, 0.717) is 0 Å². The van der Waals surface area contributed by atoms with Crippen molar-refractivity contribution in [3.8, 4) is 0 Å². The highest BCUT2D eigenvalue weighted by Crippen LogP contribution is 2.21. The Bertz CT molecular complexity index is 377. The lowest BCUT2D eigenvalue weighted by Crippen LogP contribution is -2.01. The molecule has 0 atom stereocenters. The van der Waals surface area contributed by atoms with E-state index in [1.54, 1.807) is 0 Å². The van der Waals surface area contributed by atoms with Crippen LogP contribution in [0.5, 0.6) is 0 Å². The maximum atomic E-state index is 10.2. The first-order valence-electron chi connectivity index (χ1n) is 3.07. The summed E-state index contributed by atoms with van der Waals surface area (Å²) in [6.45, 7) is 0. The van der Waals surface area contributed by atoms with E-state index < -0.39 is 21.5 Å². The van der Waals surface area contributed by atoms with Gasteiger partial charge < -0.3 is 26.0 Å². The number of hydrogen-bond acceptors (Lipinski definition) is 6. The van der Waals surface area contributed by atoms with Crippen LogP contribution in [0, 0.1) is 20.2 Å². The van der Waals surface area contributed by atoms with E-state index in [-0.39, 0.29) is 5.69 Å². The maximum Gasteiger partial charge on any atom is 0.391 e. The first-order valence-corrected chi connectivity index (χ1v) is 3.07. The van der Waals surface area contributed by atoms with Crippen molar-refractivity contribution in [2.24, 2.45) is 0 Å². The Balaban J connectivity index is 3.27. The van der Waals surface area contributed by atoms with Gasteiger partial charge in [-0.25, -0.2) is 0 Å². The Labute approximate surface area is 71.3 Å². The average molecular weight is 184 g/mol. The Morgan fingerprint density at radius 3 is 2.31 bits per heavy atom. The number of nitro groups is 2. The molecule has 0 unspecified atom stereocenters. The SMILES string of the molecule is Nc1ccc([N+](=O)[O-])nc1[N+](=O)[O-]. The highest BCUT2D eigenvalue weighted by atomic mass is 16.6. The Morgan fingerprint density at radius 1 is 1.23 bits per heavy atom. The van der Waals surface area contributed by atoms with Gasteiger partial charge in [-0.3, -0.25) is 0 Å². The summed E-state index contributed by atoms with van der Waals surface area (Å²) in [6.07, 6.45) is 0. The zero-order valence-corrected chi connectivity index (χ0v) is 6.21. The van der Waals surface area contributed by atoms with Crippen molar-refractivity contribution in [3.05, 3.63) is 32.4 Å². The predicted octanol–water partition coefficient (Wildman–Crippen LogP) is 0.480. The van der Waals surface area contributed by atoms with Crippen LogP contribution in [0.2, 0.25) is 0 Å². The lowest BCUT2D eigenvalue weighted by molar-refractivity contribution is -0.402. The summed E-state index contributed by atoms with van der Waals surface area (Å²) in [7, 11) is 0. The Hall–Kier alpha value is -2.25. The molecule has 68 valence electrons. The summed E-state index contributed by atoms with van der Waals surface area (Å²) in [5.74, 6) is -1.30. The van der Waals surface area contributed by atoms with Crippen molar-refractivity contribution in [2.45, 2.75) is 0 Å². The molecule has 0 saturated carbocycles. The van der Waals surface area contributed by atoms with E-state index in [0.717, 1.165) is 12.1 Å². The molecule has 8 heteroatoms. The van der Waals surface area contributed by atoms with E-state index in [1.807, 2.05) is 0 Å². The van der Waals surface area contributed by atoms with E-state index in [9.17, 15) is 20.2 Å². The fraction of sp³-hybridized carbons (Fsp3) is 0. The van der Waals surface area contributed by atoms with Gasteiger partial charge in [0, 0.05) is 11.1 Å². The zero-order valence-electron chi connectivity index (χ0n) is 6.21. The second kappa shape index (κ2) is 3.01. The van der Waals surface area contributed by atoms with Crippen LogP contribution < -0.4 is 5.73 Å². The van der Waals surface area contributed by atoms with Gasteiger partial charge in [0.15, 0.2) is 0 Å². The lowest BCUT2D eigenvalue weighted by Gasteiger charge is -1.96. The highest BCUT2D eigenvalue weighted by molar-refractivity contribution is 5.55. The van der Waals surface area contributed by atoms with Crippen molar-refractivity contribution >= 4 is 17.3 Å². The molecule has 1 aromatic rings. The fourth-order valence-electron chi connectivity index (χ4n) is 0.697. The quantitative estimate of drug-likeness (QED) is 0.526. The molecule has 2 N–H and O–H groups in total. The van der Waals surface area contributed by atoms with E-state index >= 15 is 0 Å². The first kappa shape index (κ1) is 8.84. The summed E-state index contributed by atoms with van der Waals surface area (Å²) in [6, 6.07) is 2.08. The number of rotatable bonds is 2. The summed E-state index contributed by atoms with van der Waals surface area (Å²) in [4.78, 5) is 21.9. The van der Waals surface area contributed by atoms with Crippen LogP contribution >= 0.6 is 0 Å². The third kappa shape index (κ3) is 1.67. The normalized spacial score (nSPS) is 9.54. The molecular formula is C5H4N4O4. The molecule has 0 aliphatic carbocycles. The molecule has 0 fully saturated rings. The third-order valence-corrected chi connectivity index (χ3v) is 1.25. The molecule has 1 rings (SSSR count). The van der Waals surface area contributed by atoms with Gasteiger partial charge in [-0.15, -0.1) is 0 Å². The zero-order chi connectivity index (χ0) is 10.0. The van der Waals surface area contributed by atoms with Crippen LogP contribution in [0.4, 0.5) is 17.3 Å². The summed E-state index contributed by atoms with van der Waals surface area (Å²) >= 11 is 0. The summed E-state index contributed by atoms with van der Waals surface area (Å²) in [5, 5.41) is 20.4. The number of nitrogens with two attached hydrogens (primary N) is 1. The van der Waals surface area contributed by atoms with Crippen LogP contribution in [-0.2, 0) is 0 Å². The number of nitrogens with zero attached hydrogens (tertiary/aromatic N) is 3. The van der Waals surface area contributed by atoms with Gasteiger partial charge in [-0.2, -0.15) is 0 Å². The lowest BCUT2D eigenvalue weighted by atomic mass is 10.4. The molecule has 0 spiro atoms. The minimum atomic E-state index is -0.873. The van der Waals surface area contributed by atoms with Crippen LogP contribution in [-0.4, -0.2) is 14.8 Å². The standard InChI is InChI=1S/C5H4N4O4/c6-3-1-2-4(8(10)11)7-5(3)9(12)13/h1-2H,6H2. The Kier molecular flexibility index (Phi) is 2.05. The summed E-state index contributed by atoms with van der Waals surface area (Å²) in [5.41, 5.74) is 4.97. The molecule has 0 bridgehead atoms. The van der Waals surface area contributed by atoms with Crippen molar-refractivity contribution < 1.29 is 9.85 Å². The highest BCUT2D eigenvalue weighted by Gasteiger charge is 2.17. The number of nitrogen functional groups attached to an aromatic ring is 1. The van der Waals surface area contributed by atoms with E-state index in [4.69, 9.17) is 5.73 Å². The second-order valence-electron chi connectivity index (χ2n) is 2.10. The topological polar surface area (TPSA) is 125 Å². The largest absolute Gasteiger partial charge is 0.392 e. The number of aromatic nitrogens is 1. The average Bonchev–Trinajstić information content (AvgIpc) is 2.04. The fourth-order valence-corrected chi connectivity index (χ4v) is 0.697. The van der Waals surface area contributed by atoms with Gasteiger partial charge in [0.2, 0.25) is 0 Å². The smallest absolute Gasteiger partial charge is 0.391 e. The molecule has 13 heavy (non-hydrogen) atoms. The van der Waals surface area contributed by atoms with Crippen LogP contribution in [0.3, 0.4) is 0 Å². The van der Waals surface area contributed by atoms with Crippen LogP contribution in [0.25, 0.3) is 0 Å². The number of anilines is 1. The molecule has 0 aliphatic heterocycles. The van der Waals surface area contributed by atoms with Crippen molar-refractivity contribution in [1.29, 1.82) is 0 Å². The first-order chi connectivity index (χ1) is 6.02. The van der Waals surface area contributed by atoms with Crippen LogP contribution in [0.1, 0.15) is 0 Å². The van der Waals surface area contributed by atoms with Crippen molar-refractivity contribution in [2.75, 3.05) is 5.73 Å². The molecule has 0 aromatic carbocycles. The molecule has 1 aromatic heterocycles. The molecule has 0 aliphatic rings. The summed E-state index contributed by atoms with van der Waals surface area (Å²) < 4.78 is 0. The number of hydrogen-bond donors (Lipinski definition) is 1. The number of pyridine rings is 1. The van der Waals surface area contributed by atoms with Gasteiger partial charge in [0.1, 0.15) is 5.69 Å².